The van der Waals surface area contributed by atoms with Crippen molar-refractivity contribution >= 4 is 11.9 Å². The fourth-order valence-corrected chi connectivity index (χ4v) is 4.17. The van der Waals surface area contributed by atoms with Crippen LogP contribution < -0.4 is 16.4 Å². The predicted molar refractivity (Wildman–Crippen MR) is 109 cm³/mol. The van der Waals surface area contributed by atoms with Crippen LogP contribution in [0.5, 0.6) is 0 Å². The second kappa shape index (κ2) is 9.74. The summed E-state index contributed by atoms with van der Waals surface area (Å²) in [5.41, 5.74) is 8.01. The first kappa shape index (κ1) is 19.7. The average molecular weight is 372 g/mol. The van der Waals surface area contributed by atoms with Crippen LogP contribution in [-0.4, -0.2) is 42.9 Å². The van der Waals surface area contributed by atoms with E-state index < -0.39 is 0 Å². The van der Waals surface area contributed by atoms with E-state index >= 15 is 0 Å². The highest BCUT2D eigenvalue weighted by Crippen LogP contribution is 2.19. The normalized spacial score (nSPS) is 22.0. The zero-order valence-electron chi connectivity index (χ0n) is 16.4. The Labute approximate surface area is 162 Å². The van der Waals surface area contributed by atoms with Gasteiger partial charge in [-0.05, 0) is 43.4 Å². The molecule has 4 N–H and O–H groups in total. The smallest absolute Gasteiger partial charge is 0.221 e. The first-order valence-electron chi connectivity index (χ1n) is 10.2. The predicted octanol–water partition coefficient (Wildman–Crippen LogP) is 1.99. The van der Waals surface area contributed by atoms with E-state index in [9.17, 15) is 4.79 Å². The second-order valence-corrected chi connectivity index (χ2v) is 7.85. The molecule has 1 saturated heterocycles. The van der Waals surface area contributed by atoms with Gasteiger partial charge in [0, 0.05) is 32.7 Å². The lowest BCUT2D eigenvalue weighted by atomic mass is 9.97. The third kappa shape index (κ3) is 5.96. The zero-order valence-corrected chi connectivity index (χ0v) is 16.4. The van der Waals surface area contributed by atoms with Crippen LogP contribution in [0, 0.1) is 5.92 Å². The molecule has 1 aliphatic carbocycles. The number of nitrogens with two attached hydrogens (primary N) is 1. The zero-order chi connectivity index (χ0) is 19.1. The van der Waals surface area contributed by atoms with Crippen molar-refractivity contribution in [3.8, 4) is 0 Å². The maximum Gasteiger partial charge on any atom is 0.221 e. The van der Waals surface area contributed by atoms with Crippen LogP contribution in [0.25, 0.3) is 0 Å². The average Bonchev–Trinajstić information content (AvgIpc) is 3.19. The second-order valence-electron chi connectivity index (χ2n) is 7.85. The summed E-state index contributed by atoms with van der Waals surface area (Å²) in [6.45, 7) is 3.43. The number of benzene rings is 1. The number of amides is 1. The van der Waals surface area contributed by atoms with Gasteiger partial charge >= 0.3 is 0 Å². The molecule has 1 unspecified atom stereocenters. The minimum atomic E-state index is -0.168. The highest BCUT2D eigenvalue weighted by molar-refractivity contribution is 5.80. The number of carbonyl (C=O) groups is 1. The van der Waals surface area contributed by atoms with Crippen molar-refractivity contribution in [1.29, 1.82) is 0 Å². The maximum atomic E-state index is 11.5. The monoisotopic (exact) mass is 371 g/mol. The number of primary amides is 1. The number of nitrogens with one attached hydrogen (secondary N) is 2. The molecule has 0 bridgehead atoms. The Balaban J connectivity index is 1.51. The molecule has 27 heavy (non-hydrogen) atoms. The number of carbonyl (C=O) groups excluding carboxylic acids is 1. The molecule has 6 nitrogen and oxygen atoms in total. The summed E-state index contributed by atoms with van der Waals surface area (Å²) >= 11 is 0. The van der Waals surface area contributed by atoms with Gasteiger partial charge in [-0.3, -0.25) is 14.7 Å². The Morgan fingerprint density at radius 1 is 1.22 bits per heavy atom. The molecule has 1 aliphatic heterocycles. The Kier molecular flexibility index (Phi) is 7.10. The molecule has 1 amide bonds. The molecule has 2 fully saturated rings. The molecule has 1 aromatic carbocycles. The number of hydrogen-bond acceptors (Lipinski definition) is 3. The van der Waals surface area contributed by atoms with Gasteiger partial charge < -0.3 is 16.4 Å². The molecule has 2 aliphatic rings. The highest BCUT2D eigenvalue weighted by atomic mass is 16.1. The van der Waals surface area contributed by atoms with E-state index in [1.165, 1.54) is 36.8 Å². The molecule has 3 rings (SSSR count). The number of piperidine rings is 1. The SMILES string of the molecule is CN=C(NCc1cccc(CN2CCCC(C(N)=O)C2)c1)NC1CCCC1. The quantitative estimate of drug-likeness (QED) is 0.528. The third-order valence-corrected chi connectivity index (χ3v) is 5.69. The molecule has 0 radical (unpaired) electrons. The van der Waals surface area contributed by atoms with Crippen LogP contribution in [0.3, 0.4) is 0 Å². The van der Waals surface area contributed by atoms with E-state index in [2.05, 4.69) is 44.8 Å². The lowest BCUT2D eigenvalue weighted by Gasteiger charge is -2.31. The van der Waals surface area contributed by atoms with Crippen molar-refractivity contribution in [2.24, 2.45) is 16.6 Å². The third-order valence-electron chi connectivity index (χ3n) is 5.69. The molecule has 1 aromatic rings. The van der Waals surface area contributed by atoms with Crippen LogP contribution >= 0.6 is 0 Å². The summed E-state index contributed by atoms with van der Waals surface area (Å²) in [5, 5.41) is 6.95. The van der Waals surface area contributed by atoms with Gasteiger partial charge in [0.05, 0.1) is 5.92 Å². The van der Waals surface area contributed by atoms with Gasteiger partial charge in [-0.1, -0.05) is 37.1 Å². The summed E-state index contributed by atoms with van der Waals surface area (Å²) in [6, 6.07) is 9.20. The molecular formula is C21H33N5O. The van der Waals surface area contributed by atoms with Crippen molar-refractivity contribution in [3.63, 3.8) is 0 Å². The maximum absolute atomic E-state index is 11.5. The largest absolute Gasteiger partial charge is 0.369 e. The fourth-order valence-electron chi connectivity index (χ4n) is 4.17. The highest BCUT2D eigenvalue weighted by Gasteiger charge is 2.23. The van der Waals surface area contributed by atoms with Crippen molar-refractivity contribution < 1.29 is 4.79 Å². The van der Waals surface area contributed by atoms with Gasteiger partial charge in [0.25, 0.3) is 0 Å². The van der Waals surface area contributed by atoms with Crippen molar-refractivity contribution in [2.75, 3.05) is 20.1 Å². The molecule has 1 atom stereocenters. The van der Waals surface area contributed by atoms with E-state index in [-0.39, 0.29) is 11.8 Å². The number of guanidine groups is 1. The molecule has 1 heterocycles. The lowest BCUT2D eigenvalue weighted by Crippen LogP contribution is -2.42. The standard InChI is InChI=1S/C21H33N5O/c1-23-21(25-19-9-2-3-10-19)24-13-16-6-4-7-17(12-16)14-26-11-5-8-18(15-26)20(22)27/h4,6-7,12,18-19H,2-3,5,8-11,13-15H2,1H3,(H2,22,27)(H2,23,24,25). The van der Waals surface area contributed by atoms with Crippen LogP contribution in [-0.2, 0) is 17.9 Å². The summed E-state index contributed by atoms with van der Waals surface area (Å²) in [6.07, 6.45) is 7.05. The van der Waals surface area contributed by atoms with Crippen molar-refractivity contribution in [1.82, 2.24) is 15.5 Å². The topological polar surface area (TPSA) is 82.8 Å². The summed E-state index contributed by atoms with van der Waals surface area (Å²) in [7, 11) is 1.83. The van der Waals surface area contributed by atoms with Crippen molar-refractivity contribution in [3.05, 3.63) is 35.4 Å². The summed E-state index contributed by atoms with van der Waals surface area (Å²) < 4.78 is 0. The van der Waals surface area contributed by atoms with E-state index in [0.717, 1.165) is 45.0 Å². The number of rotatable bonds is 6. The first-order chi connectivity index (χ1) is 13.1. The van der Waals surface area contributed by atoms with Crippen LogP contribution in [0.1, 0.15) is 49.7 Å². The molecular weight excluding hydrogens is 338 g/mol. The van der Waals surface area contributed by atoms with Crippen LogP contribution in [0.4, 0.5) is 0 Å². The van der Waals surface area contributed by atoms with Gasteiger partial charge in [-0.2, -0.15) is 0 Å². The van der Waals surface area contributed by atoms with Crippen LogP contribution in [0.2, 0.25) is 0 Å². The first-order valence-corrected chi connectivity index (χ1v) is 10.2. The fraction of sp³-hybridized carbons (Fsp3) is 0.619. The van der Waals surface area contributed by atoms with E-state index in [0.29, 0.717) is 6.04 Å². The van der Waals surface area contributed by atoms with Gasteiger partial charge in [-0.25, -0.2) is 0 Å². The Bertz CT molecular complexity index is 654. The van der Waals surface area contributed by atoms with Gasteiger partial charge in [-0.15, -0.1) is 0 Å². The van der Waals surface area contributed by atoms with Crippen molar-refractivity contribution in [2.45, 2.75) is 57.7 Å². The van der Waals surface area contributed by atoms with Gasteiger partial charge in [0.15, 0.2) is 5.96 Å². The summed E-state index contributed by atoms with van der Waals surface area (Å²) in [5.74, 6) is 0.708. The number of likely N-dealkylation sites (tertiary alicyclic amines) is 1. The minimum absolute atomic E-state index is 0.00594. The van der Waals surface area contributed by atoms with Gasteiger partial charge in [0.1, 0.15) is 0 Å². The molecule has 0 aromatic heterocycles. The van der Waals surface area contributed by atoms with Crippen LogP contribution in [0.15, 0.2) is 29.3 Å². The van der Waals surface area contributed by atoms with E-state index in [1.807, 2.05) is 7.05 Å². The molecule has 148 valence electrons. The number of nitrogens with zero attached hydrogens (tertiary/aromatic N) is 2. The van der Waals surface area contributed by atoms with E-state index in [4.69, 9.17) is 5.73 Å². The lowest BCUT2D eigenvalue weighted by molar-refractivity contribution is -0.123. The minimum Gasteiger partial charge on any atom is -0.369 e. The molecule has 0 spiro atoms. The molecule has 1 saturated carbocycles. The van der Waals surface area contributed by atoms with Gasteiger partial charge in [0.2, 0.25) is 5.91 Å². The Hall–Kier alpha value is -2.08. The number of hydrogen-bond donors (Lipinski definition) is 3. The Morgan fingerprint density at radius 3 is 2.74 bits per heavy atom. The number of aliphatic imine (C=N–C) groups is 1. The Morgan fingerprint density at radius 2 is 2.00 bits per heavy atom. The van der Waals surface area contributed by atoms with E-state index in [1.54, 1.807) is 0 Å². The molecule has 6 heteroatoms. The summed E-state index contributed by atoms with van der Waals surface area (Å²) in [4.78, 5) is 18.2.